The van der Waals surface area contributed by atoms with Crippen molar-refractivity contribution in [1.82, 2.24) is 0 Å². The lowest BCUT2D eigenvalue weighted by Crippen LogP contribution is -2.26. The summed E-state index contributed by atoms with van der Waals surface area (Å²) in [6, 6.07) is 2.25. The number of nitrogens with zero attached hydrogens (tertiary/aromatic N) is 2. The zero-order chi connectivity index (χ0) is 19.1. The first-order chi connectivity index (χ1) is 12.2. The van der Waals surface area contributed by atoms with E-state index in [2.05, 4.69) is 37.1 Å². The Bertz CT molecular complexity index is 829. The molecule has 138 valence electrons. The van der Waals surface area contributed by atoms with E-state index in [1.54, 1.807) is 0 Å². The number of hydrogen-bond donors (Lipinski definition) is 2. The predicted octanol–water partition coefficient (Wildman–Crippen LogP) is 3.06. The Balaban J connectivity index is 1.73. The van der Waals surface area contributed by atoms with Gasteiger partial charge in [0.2, 0.25) is 5.91 Å². The lowest BCUT2D eigenvalue weighted by molar-refractivity contribution is -0.121. The number of anilines is 1. The minimum atomic E-state index is -0.569. The van der Waals surface area contributed by atoms with Gasteiger partial charge in [-0.1, -0.05) is 32.5 Å². The topological polar surface area (TPSA) is 108 Å². The molecular weight excluding hydrogens is 368 g/mol. The second kappa shape index (κ2) is 7.05. The van der Waals surface area contributed by atoms with Crippen molar-refractivity contribution in [3.63, 3.8) is 0 Å². The monoisotopic (exact) mass is 390 g/mol. The zero-order valence-corrected chi connectivity index (χ0v) is 16.7. The maximum atomic E-state index is 12.4. The fraction of sp³-hybridized carbons (Fsp3) is 0.556. The summed E-state index contributed by atoms with van der Waals surface area (Å²) in [4.78, 5) is 28.9. The largest absolute Gasteiger partial charge is 0.378 e. The summed E-state index contributed by atoms with van der Waals surface area (Å²) in [6.07, 6.45) is 2.87. The molecule has 1 aliphatic heterocycles. The second-order valence-electron chi connectivity index (χ2n) is 7.77. The maximum absolute atomic E-state index is 12.4. The molecule has 2 aliphatic rings. The third-order valence-electron chi connectivity index (χ3n) is 4.98. The summed E-state index contributed by atoms with van der Waals surface area (Å²) in [5, 5.41) is 12.6. The number of aliphatic imine (C=N–C) groups is 1. The summed E-state index contributed by atoms with van der Waals surface area (Å²) in [5.41, 5.74) is 7.40. The van der Waals surface area contributed by atoms with E-state index in [1.807, 2.05) is 0 Å². The smallest absolute Gasteiger partial charge is 0.262 e. The van der Waals surface area contributed by atoms with Gasteiger partial charge in [-0.05, 0) is 36.2 Å². The quantitative estimate of drug-likeness (QED) is 0.824. The third-order valence-corrected chi connectivity index (χ3v) is 7.14. The molecule has 8 heteroatoms. The van der Waals surface area contributed by atoms with Crippen LogP contribution in [0.25, 0.3) is 0 Å². The second-order valence-corrected chi connectivity index (χ2v) is 10.1. The van der Waals surface area contributed by atoms with Crippen molar-refractivity contribution in [1.29, 1.82) is 5.26 Å². The van der Waals surface area contributed by atoms with E-state index in [1.165, 1.54) is 16.2 Å². The van der Waals surface area contributed by atoms with Crippen molar-refractivity contribution < 1.29 is 9.59 Å². The van der Waals surface area contributed by atoms with Crippen LogP contribution in [0.3, 0.4) is 0 Å². The zero-order valence-electron chi connectivity index (χ0n) is 15.1. The van der Waals surface area contributed by atoms with Crippen molar-refractivity contribution >= 4 is 45.1 Å². The first kappa shape index (κ1) is 18.9. The highest BCUT2D eigenvalue weighted by Crippen LogP contribution is 2.44. The van der Waals surface area contributed by atoms with Gasteiger partial charge in [0, 0.05) is 11.3 Å². The molecular formula is C18H22N4O2S2. The molecule has 26 heavy (non-hydrogen) atoms. The Morgan fingerprint density at radius 2 is 2.19 bits per heavy atom. The number of thioether (sulfide) groups is 1. The van der Waals surface area contributed by atoms with Crippen LogP contribution in [0, 0.1) is 22.7 Å². The van der Waals surface area contributed by atoms with Crippen molar-refractivity contribution in [3.8, 4) is 6.07 Å². The van der Waals surface area contributed by atoms with E-state index < -0.39 is 5.25 Å². The van der Waals surface area contributed by atoms with Gasteiger partial charge >= 0.3 is 0 Å². The van der Waals surface area contributed by atoms with Gasteiger partial charge in [-0.3, -0.25) is 9.59 Å². The molecule has 0 spiro atoms. The van der Waals surface area contributed by atoms with E-state index in [0.29, 0.717) is 16.5 Å². The minimum Gasteiger partial charge on any atom is -0.378 e. The highest BCUT2D eigenvalue weighted by molar-refractivity contribution is 8.15. The number of nitrogens with two attached hydrogens (primary N) is 1. The highest BCUT2D eigenvalue weighted by Gasteiger charge is 2.33. The summed E-state index contributed by atoms with van der Waals surface area (Å²) in [7, 11) is 0. The molecule has 3 rings (SSSR count). The number of nitrogens with one attached hydrogen (secondary N) is 1. The molecule has 0 unspecified atom stereocenters. The van der Waals surface area contributed by atoms with Crippen LogP contribution in [0.15, 0.2) is 4.99 Å². The van der Waals surface area contributed by atoms with Crippen LogP contribution in [0.1, 0.15) is 49.6 Å². The Kier molecular flexibility index (Phi) is 5.13. The Labute approximate surface area is 161 Å². The van der Waals surface area contributed by atoms with Gasteiger partial charge in [0.05, 0.1) is 5.56 Å². The van der Waals surface area contributed by atoms with Crippen LogP contribution >= 0.6 is 23.1 Å². The van der Waals surface area contributed by atoms with Crippen molar-refractivity contribution in [3.05, 3.63) is 16.0 Å². The number of fused-ring (bicyclic) bond motifs is 1. The lowest BCUT2D eigenvalue weighted by Gasteiger charge is -2.33. The molecule has 2 amide bonds. The first-order valence-corrected chi connectivity index (χ1v) is 10.3. The number of rotatable bonds is 3. The molecule has 0 bridgehead atoms. The van der Waals surface area contributed by atoms with Crippen LogP contribution in [-0.2, 0) is 22.4 Å². The average molecular weight is 391 g/mol. The first-order valence-electron chi connectivity index (χ1n) is 8.58. The van der Waals surface area contributed by atoms with Crippen LogP contribution in [0.5, 0.6) is 0 Å². The molecule has 1 aromatic heterocycles. The SMILES string of the molecule is CC(C)(C)[C@@H]1CCc2c(sc(NC(=O)C[C@H]3SC(N)=NC3=O)c2C#N)C1. The molecule has 0 fully saturated rings. The maximum Gasteiger partial charge on any atom is 0.262 e. The fourth-order valence-corrected chi connectivity index (χ4v) is 5.53. The molecule has 3 N–H and O–H groups in total. The van der Waals surface area contributed by atoms with Crippen molar-refractivity contribution in [2.24, 2.45) is 22.1 Å². The minimum absolute atomic E-state index is 0.00571. The molecule has 0 saturated heterocycles. The van der Waals surface area contributed by atoms with Crippen LogP contribution in [-0.4, -0.2) is 22.2 Å². The number of thiophene rings is 1. The molecule has 2 atom stereocenters. The average Bonchev–Trinajstić information content (AvgIpc) is 3.04. The number of nitriles is 1. The van der Waals surface area contributed by atoms with Crippen molar-refractivity contribution in [2.45, 2.75) is 51.7 Å². The van der Waals surface area contributed by atoms with Gasteiger partial charge in [0.25, 0.3) is 5.91 Å². The van der Waals surface area contributed by atoms with Crippen molar-refractivity contribution in [2.75, 3.05) is 5.32 Å². The molecule has 0 radical (unpaired) electrons. The van der Waals surface area contributed by atoms with E-state index in [9.17, 15) is 14.9 Å². The molecule has 0 aromatic carbocycles. The normalized spacial score (nSPS) is 22.5. The van der Waals surface area contributed by atoms with Gasteiger partial charge < -0.3 is 11.1 Å². The Hall–Kier alpha value is -1.85. The summed E-state index contributed by atoms with van der Waals surface area (Å²) < 4.78 is 0. The van der Waals surface area contributed by atoms with E-state index in [-0.39, 0.29) is 28.8 Å². The summed E-state index contributed by atoms with van der Waals surface area (Å²) in [6.45, 7) is 6.73. The van der Waals surface area contributed by atoms with E-state index in [0.717, 1.165) is 36.6 Å². The number of hydrogen-bond acceptors (Lipinski definition) is 6. The van der Waals surface area contributed by atoms with Gasteiger partial charge in [-0.25, -0.2) is 0 Å². The van der Waals surface area contributed by atoms with E-state index >= 15 is 0 Å². The summed E-state index contributed by atoms with van der Waals surface area (Å²) >= 11 is 2.60. The fourth-order valence-electron chi connectivity index (χ4n) is 3.41. The Morgan fingerprint density at radius 1 is 1.46 bits per heavy atom. The van der Waals surface area contributed by atoms with Gasteiger partial charge in [0.1, 0.15) is 16.3 Å². The van der Waals surface area contributed by atoms with E-state index in [4.69, 9.17) is 5.73 Å². The predicted molar refractivity (Wildman–Crippen MR) is 105 cm³/mol. The lowest BCUT2D eigenvalue weighted by atomic mass is 9.72. The third kappa shape index (κ3) is 3.79. The number of carbonyl (C=O) groups is 2. The molecule has 6 nitrogen and oxygen atoms in total. The summed E-state index contributed by atoms with van der Waals surface area (Å²) in [5.74, 6) is -0.0961. The number of carbonyl (C=O) groups excluding carboxylic acids is 2. The molecule has 1 aliphatic carbocycles. The van der Waals surface area contributed by atoms with Gasteiger partial charge in [-0.15, -0.1) is 11.3 Å². The van der Waals surface area contributed by atoms with Gasteiger partial charge in [0.15, 0.2) is 5.17 Å². The number of amidine groups is 1. The van der Waals surface area contributed by atoms with Crippen LogP contribution in [0.2, 0.25) is 0 Å². The molecule has 2 heterocycles. The van der Waals surface area contributed by atoms with Crippen LogP contribution in [0.4, 0.5) is 5.00 Å². The Morgan fingerprint density at radius 3 is 2.77 bits per heavy atom. The standard InChI is InChI=1S/C18H22N4O2S2/c1-18(2,3)9-4-5-10-11(8-19)16(25-12(10)6-9)21-14(23)7-13-15(24)22-17(20)26-13/h9,13H,4-7H2,1-3H3,(H,21,23)(H2,20,22,24)/t9-,13-/m1/s1. The van der Waals surface area contributed by atoms with Crippen LogP contribution < -0.4 is 11.1 Å². The molecule has 0 saturated carbocycles. The van der Waals surface area contributed by atoms with Gasteiger partial charge in [-0.2, -0.15) is 10.3 Å². The number of amides is 2. The molecule has 1 aromatic rings. The highest BCUT2D eigenvalue weighted by atomic mass is 32.2.